The monoisotopic (exact) mass is 340 g/mol. The molecule has 6 heteroatoms. The van der Waals surface area contributed by atoms with Crippen LogP contribution in [-0.4, -0.2) is 74.5 Å². The minimum Gasteiger partial charge on any atom is -0.373 e. The minimum absolute atomic E-state index is 0.0809. The van der Waals surface area contributed by atoms with Gasteiger partial charge in [-0.15, -0.1) is 0 Å². The summed E-state index contributed by atoms with van der Waals surface area (Å²) in [5.41, 5.74) is -0.0809. The zero-order valence-corrected chi connectivity index (χ0v) is 15.9. The van der Waals surface area contributed by atoms with Crippen LogP contribution in [0.3, 0.4) is 0 Å². The fourth-order valence-corrected chi connectivity index (χ4v) is 3.53. The number of guanidine groups is 1. The van der Waals surface area contributed by atoms with Crippen LogP contribution in [0.2, 0.25) is 0 Å². The molecule has 0 radical (unpaired) electrons. The molecule has 0 aromatic rings. The van der Waals surface area contributed by atoms with Gasteiger partial charge < -0.3 is 20.1 Å². The smallest absolute Gasteiger partial charge is 0.191 e. The quantitative estimate of drug-likeness (QED) is 0.419. The Labute approximate surface area is 147 Å². The summed E-state index contributed by atoms with van der Waals surface area (Å²) in [5, 5.41) is 6.78. The van der Waals surface area contributed by atoms with Crippen molar-refractivity contribution in [1.29, 1.82) is 0 Å². The van der Waals surface area contributed by atoms with Crippen molar-refractivity contribution in [3.05, 3.63) is 0 Å². The summed E-state index contributed by atoms with van der Waals surface area (Å²) in [7, 11) is 0. The first-order valence-corrected chi connectivity index (χ1v) is 9.55. The van der Waals surface area contributed by atoms with Gasteiger partial charge in [0.2, 0.25) is 0 Å². The number of hydrogen-bond acceptors (Lipinski definition) is 4. The molecule has 6 nitrogen and oxygen atoms in total. The van der Waals surface area contributed by atoms with Gasteiger partial charge in [0.05, 0.1) is 24.4 Å². The highest BCUT2D eigenvalue weighted by molar-refractivity contribution is 5.79. The molecule has 3 atom stereocenters. The first-order valence-electron chi connectivity index (χ1n) is 9.55. The second-order valence-electron chi connectivity index (χ2n) is 7.39. The summed E-state index contributed by atoms with van der Waals surface area (Å²) in [5.74, 6) is 0.901. The second-order valence-corrected chi connectivity index (χ2v) is 7.39. The second kappa shape index (κ2) is 9.59. The van der Waals surface area contributed by atoms with Crippen LogP contribution in [0.1, 0.15) is 47.0 Å². The van der Waals surface area contributed by atoms with E-state index in [1.807, 2.05) is 0 Å². The van der Waals surface area contributed by atoms with Gasteiger partial charge in [0.1, 0.15) is 0 Å². The number of hydrogen-bond donors (Lipinski definition) is 2. The normalized spacial score (nSPS) is 32.1. The van der Waals surface area contributed by atoms with Crippen molar-refractivity contribution in [2.24, 2.45) is 4.99 Å². The fourth-order valence-electron chi connectivity index (χ4n) is 3.53. The Balaban J connectivity index is 1.69. The topological polar surface area (TPSA) is 58.1 Å². The predicted molar refractivity (Wildman–Crippen MR) is 98.6 cm³/mol. The number of ether oxygens (including phenoxy) is 2. The molecule has 0 saturated carbocycles. The van der Waals surface area contributed by atoms with Gasteiger partial charge in [0, 0.05) is 39.3 Å². The van der Waals surface area contributed by atoms with E-state index in [0.717, 1.165) is 71.1 Å². The van der Waals surface area contributed by atoms with Crippen molar-refractivity contribution in [1.82, 2.24) is 15.5 Å². The van der Waals surface area contributed by atoms with Gasteiger partial charge in [0.15, 0.2) is 5.96 Å². The highest BCUT2D eigenvalue weighted by Crippen LogP contribution is 2.24. The van der Waals surface area contributed by atoms with E-state index in [0.29, 0.717) is 12.2 Å². The average molecular weight is 341 g/mol. The number of nitrogens with one attached hydrogen (secondary N) is 2. The van der Waals surface area contributed by atoms with Crippen LogP contribution in [-0.2, 0) is 9.47 Å². The summed E-state index contributed by atoms with van der Waals surface area (Å²) < 4.78 is 11.6. The maximum atomic E-state index is 5.81. The van der Waals surface area contributed by atoms with Crippen LogP contribution in [0.25, 0.3) is 0 Å². The molecule has 140 valence electrons. The van der Waals surface area contributed by atoms with Crippen molar-refractivity contribution < 1.29 is 9.47 Å². The predicted octanol–water partition coefficient (Wildman–Crippen LogP) is 1.61. The van der Waals surface area contributed by atoms with E-state index in [9.17, 15) is 0 Å². The van der Waals surface area contributed by atoms with Crippen molar-refractivity contribution in [3.8, 4) is 0 Å². The van der Waals surface area contributed by atoms with Crippen LogP contribution in [0.5, 0.6) is 0 Å². The summed E-state index contributed by atoms with van der Waals surface area (Å²) in [6, 6.07) is 0. The van der Waals surface area contributed by atoms with Crippen LogP contribution in [0, 0.1) is 0 Å². The van der Waals surface area contributed by atoms with Crippen LogP contribution in [0.4, 0.5) is 0 Å². The summed E-state index contributed by atoms with van der Waals surface area (Å²) in [6.45, 7) is 15.1. The molecule has 2 heterocycles. The van der Waals surface area contributed by atoms with E-state index >= 15 is 0 Å². The van der Waals surface area contributed by atoms with E-state index < -0.39 is 0 Å². The Bertz CT molecular complexity index is 386. The van der Waals surface area contributed by atoms with E-state index in [1.54, 1.807) is 0 Å². The third-order valence-electron chi connectivity index (χ3n) is 4.66. The van der Waals surface area contributed by atoms with Gasteiger partial charge in [-0.2, -0.15) is 0 Å². The standard InChI is InChI=1S/C18H36N4O2/c1-5-19-17(21-14-18(4)8-6-11-23-18)20-9-7-10-22-12-15(2)24-16(3)13-22/h15-16H,5-14H2,1-4H3,(H2,19,20,21). The first-order chi connectivity index (χ1) is 11.5. The van der Waals surface area contributed by atoms with Gasteiger partial charge in [0.25, 0.3) is 0 Å². The summed E-state index contributed by atoms with van der Waals surface area (Å²) in [4.78, 5) is 7.21. The van der Waals surface area contributed by atoms with Crippen molar-refractivity contribution in [2.45, 2.75) is 64.8 Å². The van der Waals surface area contributed by atoms with E-state index in [4.69, 9.17) is 14.5 Å². The Morgan fingerprint density at radius 3 is 2.62 bits per heavy atom. The first kappa shape index (κ1) is 19.5. The number of morpholine rings is 1. The highest BCUT2D eigenvalue weighted by atomic mass is 16.5. The van der Waals surface area contributed by atoms with Crippen LogP contribution in [0.15, 0.2) is 4.99 Å². The zero-order valence-electron chi connectivity index (χ0n) is 15.9. The SMILES string of the molecule is CCNC(=NCC1(C)CCCO1)NCCCN1CC(C)OC(C)C1. The van der Waals surface area contributed by atoms with E-state index in [1.165, 1.54) is 0 Å². The number of rotatable bonds is 7. The van der Waals surface area contributed by atoms with Crippen LogP contribution < -0.4 is 10.6 Å². The van der Waals surface area contributed by atoms with Crippen molar-refractivity contribution >= 4 is 5.96 Å². The number of aliphatic imine (C=N–C) groups is 1. The molecule has 0 amide bonds. The lowest BCUT2D eigenvalue weighted by atomic mass is 10.0. The lowest BCUT2D eigenvalue weighted by Gasteiger charge is -2.35. The molecular weight excluding hydrogens is 304 g/mol. The molecule has 2 fully saturated rings. The lowest BCUT2D eigenvalue weighted by Crippen LogP contribution is -2.46. The molecule has 0 aliphatic carbocycles. The summed E-state index contributed by atoms with van der Waals surface area (Å²) >= 11 is 0. The molecule has 2 N–H and O–H groups in total. The van der Waals surface area contributed by atoms with Crippen LogP contribution >= 0.6 is 0 Å². The fraction of sp³-hybridized carbons (Fsp3) is 0.944. The zero-order chi connectivity index (χ0) is 17.4. The molecule has 2 rings (SSSR count). The molecule has 0 aromatic carbocycles. The Morgan fingerprint density at radius 1 is 1.25 bits per heavy atom. The molecule has 0 spiro atoms. The maximum absolute atomic E-state index is 5.81. The Hall–Kier alpha value is -0.850. The molecule has 24 heavy (non-hydrogen) atoms. The van der Waals surface area contributed by atoms with Gasteiger partial charge in [-0.05, 0) is 47.0 Å². The van der Waals surface area contributed by atoms with Gasteiger partial charge in [-0.3, -0.25) is 9.89 Å². The highest BCUT2D eigenvalue weighted by Gasteiger charge is 2.29. The molecule has 2 aliphatic heterocycles. The van der Waals surface area contributed by atoms with Gasteiger partial charge in [-0.1, -0.05) is 0 Å². The molecule has 2 saturated heterocycles. The third kappa shape index (κ3) is 6.57. The molecule has 2 aliphatic rings. The molecule has 0 aromatic heterocycles. The number of nitrogens with zero attached hydrogens (tertiary/aromatic N) is 2. The molecule has 0 bridgehead atoms. The summed E-state index contributed by atoms with van der Waals surface area (Å²) in [6.07, 6.45) is 4.04. The average Bonchev–Trinajstić information content (AvgIpc) is 2.95. The molecular formula is C18H36N4O2. The molecule has 3 unspecified atom stereocenters. The van der Waals surface area contributed by atoms with Gasteiger partial charge >= 0.3 is 0 Å². The minimum atomic E-state index is -0.0809. The van der Waals surface area contributed by atoms with Gasteiger partial charge in [-0.25, -0.2) is 0 Å². The maximum Gasteiger partial charge on any atom is 0.191 e. The van der Waals surface area contributed by atoms with Crippen molar-refractivity contribution in [3.63, 3.8) is 0 Å². The lowest BCUT2D eigenvalue weighted by molar-refractivity contribution is -0.0679. The van der Waals surface area contributed by atoms with E-state index in [2.05, 4.69) is 43.2 Å². The Kier molecular flexibility index (Phi) is 7.78. The third-order valence-corrected chi connectivity index (χ3v) is 4.66. The van der Waals surface area contributed by atoms with Crippen molar-refractivity contribution in [2.75, 3.05) is 45.9 Å². The van der Waals surface area contributed by atoms with E-state index in [-0.39, 0.29) is 5.60 Å². The largest absolute Gasteiger partial charge is 0.373 e. The Morgan fingerprint density at radius 2 is 2.00 bits per heavy atom.